The molecular formula is C19H21F3N6O2. The summed E-state index contributed by atoms with van der Waals surface area (Å²) in [7, 11) is 1.43. The lowest BCUT2D eigenvalue weighted by atomic mass is 10.0. The van der Waals surface area contributed by atoms with Crippen LogP contribution in [-0.4, -0.2) is 57.1 Å². The molecule has 1 saturated heterocycles. The van der Waals surface area contributed by atoms with Gasteiger partial charge in [0.05, 0.1) is 31.1 Å². The smallest absolute Gasteiger partial charge is 0.168 e. The van der Waals surface area contributed by atoms with E-state index in [2.05, 4.69) is 25.7 Å². The van der Waals surface area contributed by atoms with Crippen molar-refractivity contribution in [2.75, 3.05) is 25.5 Å². The lowest BCUT2D eigenvalue weighted by Crippen LogP contribution is -2.30. The lowest BCUT2D eigenvalue weighted by molar-refractivity contribution is 0.0707. The number of fused-ring (bicyclic) bond motifs is 1. The summed E-state index contributed by atoms with van der Waals surface area (Å²) in [4.78, 5) is 8.45. The van der Waals surface area contributed by atoms with Gasteiger partial charge in [0.2, 0.25) is 0 Å². The van der Waals surface area contributed by atoms with E-state index in [0.717, 1.165) is 0 Å². The number of aliphatic hydroxyl groups is 1. The highest BCUT2D eigenvalue weighted by Gasteiger charge is 2.29. The van der Waals surface area contributed by atoms with Gasteiger partial charge in [0, 0.05) is 19.2 Å². The van der Waals surface area contributed by atoms with E-state index in [0.29, 0.717) is 18.4 Å². The van der Waals surface area contributed by atoms with E-state index in [9.17, 15) is 18.3 Å². The highest BCUT2D eigenvalue weighted by atomic mass is 19.1. The quantitative estimate of drug-likeness (QED) is 0.579. The van der Waals surface area contributed by atoms with Crippen LogP contribution in [0.2, 0.25) is 0 Å². The molecule has 2 unspecified atom stereocenters. The van der Waals surface area contributed by atoms with Crippen molar-refractivity contribution >= 4 is 11.5 Å². The molecule has 4 rings (SSSR count). The van der Waals surface area contributed by atoms with Crippen molar-refractivity contribution in [1.82, 2.24) is 24.9 Å². The molecule has 0 radical (unpaired) electrons. The Hall–Kier alpha value is -2.92. The number of halogens is 3. The first-order chi connectivity index (χ1) is 14.2. The van der Waals surface area contributed by atoms with Gasteiger partial charge in [-0.25, -0.2) is 27.7 Å². The first-order valence-electron chi connectivity index (χ1n) is 9.32. The second-order valence-corrected chi connectivity index (χ2v) is 7.62. The number of nitrogens with zero attached hydrogens (tertiary/aromatic N) is 4. The van der Waals surface area contributed by atoms with Crippen molar-refractivity contribution in [3.05, 3.63) is 35.8 Å². The van der Waals surface area contributed by atoms with Crippen LogP contribution >= 0.6 is 0 Å². The van der Waals surface area contributed by atoms with E-state index in [1.807, 2.05) is 0 Å². The highest BCUT2D eigenvalue weighted by molar-refractivity contribution is 5.76. The Morgan fingerprint density at radius 2 is 2.03 bits per heavy atom. The Kier molecular flexibility index (Phi) is 5.02. The van der Waals surface area contributed by atoms with Crippen molar-refractivity contribution in [2.24, 2.45) is 0 Å². The molecule has 2 atom stereocenters. The normalized spacial score (nSPS) is 19.4. The van der Waals surface area contributed by atoms with Crippen molar-refractivity contribution in [2.45, 2.75) is 31.7 Å². The van der Waals surface area contributed by atoms with Gasteiger partial charge in [-0.2, -0.15) is 5.10 Å². The summed E-state index contributed by atoms with van der Waals surface area (Å²) < 4.78 is 49.4. The molecule has 0 aliphatic carbocycles. The maximum Gasteiger partial charge on any atom is 0.168 e. The second-order valence-electron chi connectivity index (χ2n) is 7.62. The average molecular weight is 422 g/mol. The number of alkyl halides is 1. The van der Waals surface area contributed by atoms with Crippen LogP contribution in [0.25, 0.3) is 16.9 Å². The van der Waals surface area contributed by atoms with Crippen molar-refractivity contribution < 1.29 is 23.0 Å². The number of hydrogen-bond acceptors (Lipinski definition) is 7. The summed E-state index contributed by atoms with van der Waals surface area (Å²) >= 11 is 0. The van der Waals surface area contributed by atoms with Gasteiger partial charge in [0.1, 0.15) is 23.2 Å². The molecule has 3 N–H and O–H groups in total. The molecule has 160 valence electrons. The fraction of sp³-hybridized carbons (Fsp3) is 0.421. The molecule has 0 spiro atoms. The second kappa shape index (κ2) is 7.40. The van der Waals surface area contributed by atoms with Gasteiger partial charge in [0.15, 0.2) is 28.8 Å². The maximum absolute atomic E-state index is 14.6. The summed E-state index contributed by atoms with van der Waals surface area (Å²) in [5.41, 5.74) is -0.943. The Balaban J connectivity index is 1.82. The highest BCUT2D eigenvalue weighted by Crippen LogP contribution is 2.32. The molecule has 0 saturated carbocycles. The van der Waals surface area contributed by atoms with Crippen LogP contribution < -0.4 is 15.4 Å². The fourth-order valence-corrected chi connectivity index (χ4v) is 3.37. The zero-order valence-corrected chi connectivity index (χ0v) is 16.6. The van der Waals surface area contributed by atoms with Crippen molar-refractivity contribution in [1.29, 1.82) is 0 Å². The van der Waals surface area contributed by atoms with Crippen LogP contribution in [0.4, 0.5) is 19.0 Å². The Labute approximate surface area is 170 Å². The predicted molar refractivity (Wildman–Crippen MR) is 103 cm³/mol. The summed E-state index contributed by atoms with van der Waals surface area (Å²) in [6.45, 7) is 3.51. The van der Waals surface area contributed by atoms with Gasteiger partial charge in [0.25, 0.3) is 0 Å². The number of rotatable bonds is 5. The number of ether oxygens (including phenoxy) is 1. The Morgan fingerprint density at radius 3 is 2.67 bits per heavy atom. The fourth-order valence-electron chi connectivity index (χ4n) is 3.37. The van der Waals surface area contributed by atoms with Crippen LogP contribution in [0, 0.1) is 11.6 Å². The van der Waals surface area contributed by atoms with Crippen LogP contribution in [0.1, 0.15) is 19.5 Å². The third-order valence-electron chi connectivity index (χ3n) is 4.91. The van der Waals surface area contributed by atoms with E-state index >= 15 is 0 Å². The van der Waals surface area contributed by atoms with Gasteiger partial charge in [-0.1, -0.05) is 0 Å². The number of pyridine rings is 1. The third kappa shape index (κ3) is 3.54. The van der Waals surface area contributed by atoms with Gasteiger partial charge < -0.3 is 20.5 Å². The molecule has 0 aromatic carbocycles. The molecule has 8 nitrogen and oxygen atoms in total. The van der Waals surface area contributed by atoms with Crippen molar-refractivity contribution in [3.8, 4) is 17.0 Å². The Bertz CT molecular complexity index is 1100. The Morgan fingerprint density at radius 1 is 1.27 bits per heavy atom. The summed E-state index contributed by atoms with van der Waals surface area (Å²) in [6.07, 6.45) is 1.61. The van der Waals surface area contributed by atoms with Gasteiger partial charge in [-0.3, -0.25) is 0 Å². The van der Waals surface area contributed by atoms with E-state index in [-0.39, 0.29) is 35.0 Å². The molecule has 11 heteroatoms. The van der Waals surface area contributed by atoms with E-state index in [1.165, 1.54) is 37.9 Å². The predicted octanol–water partition coefficient (Wildman–Crippen LogP) is 2.03. The van der Waals surface area contributed by atoms with Crippen LogP contribution in [0.3, 0.4) is 0 Å². The molecule has 0 bridgehead atoms. The molecule has 3 aromatic heterocycles. The van der Waals surface area contributed by atoms with Crippen LogP contribution in [0.5, 0.6) is 5.75 Å². The zero-order valence-electron chi connectivity index (χ0n) is 16.6. The van der Waals surface area contributed by atoms with Gasteiger partial charge in [-0.05, 0) is 13.8 Å². The number of methoxy groups -OCH3 is 1. The molecule has 30 heavy (non-hydrogen) atoms. The minimum atomic E-state index is -1.35. The standard InChI is InChI=1S/C19H21F3N6O2/c1-19(2,29)16-14(30-3)8-28-18(27-16)9(5-24-28)15-10(20)4-11(21)17(26-15)25-13-7-23-6-12(13)22/h4-5,8,12-13,23,29H,6-7H2,1-3H3,(H,25,26). The van der Waals surface area contributed by atoms with Crippen LogP contribution in [-0.2, 0) is 5.60 Å². The summed E-state index contributed by atoms with van der Waals surface area (Å²) in [5.74, 6) is -1.82. The molecule has 1 aliphatic rings. The maximum atomic E-state index is 14.6. The summed E-state index contributed by atoms with van der Waals surface area (Å²) in [6, 6.07) is 0.00268. The van der Waals surface area contributed by atoms with E-state index in [1.54, 1.807) is 0 Å². The number of hydrogen-bond donors (Lipinski definition) is 3. The number of nitrogens with one attached hydrogen (secondary N) is 2. The SMILES string of the molecule is COc1cn2ncc(-c3nc(NC4CNCC4F)c(F)cc3F)c2nc1C(C)(C)O. The molecule has 3 aromatic rings. The minimum absolute atomic E-state index is 0.146. The topological polar surface area (TPSA) is 96.6 Å². The molecule has 1 aliphatic heterocycles. The summed E-state index contributed by atoms with van der Waals surface area (Å²) in [5, 5.41) is 20.1. The zero-order chi connectivity index (χ0) is 21.6. The molecule has 4 heterocycles. The first-order valence-corrected chi connectivity index (χ1v) is 9.32. The van der Waals surface area contributed by atoms with Gasteiger partial charge in [-0.15, -0.1) is 0 Å². The molecule has 0 amide bonds. The van der Waals surface area contributed by atoms with Crippen LogP contribution in [0.15, 0.2) is 18.5 Å². The van der Waals surface area contributed by atoms with E-state index < -0.39 is 29.4 Å². The average Bonchev–Trinajstić information content (AvgIpc) is 3.28. The lowest BCUT2D eigenvalue weighted by Gasteiger charge is -2.19. The monoisotopic (exact) mass is 422 g/mol. The minimum Gasteiger partial charge on any atom is -0.493 e. The first kappa shape index (κ1) is 20.4. The van der Waals surface area contributed by atoms with E-state index in [4.69, 9.17) is 4.74 Å². The third-order valence-corrected chi connectivity index (χ3v) is 4.91. The largest absolute Gasteiger partial charge is 0.493 e. The number of aromatic nitrogens is 4. The van der Waals surface area contributed by atoms with Crippen molar-refractivity contribution in [3.63, 3.8) is 0 Å². The van der Waals surface area contributed by atoms with Gasteiger partial charge >= 0.3 is 0 Å². The number of anilines is 1. The molecular weight excluding hydrogens is 401 g/mol. The molecule has 1 fully saturated rings.